The molecule has 1 heterocycles. The molecule has 1 aromatic heterocycles. The van der Waals surface area contributed by atoms with Gasteiger partial charge < -0.3 is 0 Å². The van der Waals surface area contributed by atoms with Crippen LogP contribution in [0.5, 0.6) is 0 Å². The molecule has 0 aliphatic carbocycles. The lowest BCUT2D eigenvalue weighted by Gasteiger charge is -2.07. The molecule has 0 spiro atoms. The van der Waals surface area contributed by atoms with E-state index in [9.17, 15) is 0 Å². The molecule has 0 N–H and O–H groups in total. The minimum atomic E-state index is 1.22. The molecule has 1 aromatic rings. The minimum absolute atomic E-state index is 1.22. The van der Waals surface area contributed by atoms with Crippen molar-refractivity contribution in [2.75, 3.05) is 0 Å². The molecule has 0 radical (unpaired) electrons. The normalized spacial score (nSPS) is 11.5. The fraction of sp³-hybridized carbons (Fsp3) is 0.872. The Balaban J connectivity index is 2.37. The average Bonchev–Trinajstić information content (AvgIpc) is 2.96. The number of aryl methyl sites for hydroxylation is 3. The molecule has 0 aliphatic heterocycles. The van der Waals surface area contributed by atoms with Crippen LogP contribution in [0.3, 0.4) is 0 Å². The summed E-state index contributed by atoms with van der Waals surface area (Å²) in [6, 6.07) is 2.56. The monoisotopic (exact) mass is 557 g/mol. The summed E-state index contributed by atoms with van der Waals surface area (Å²) in [6.45, 7) is 8.15. The van der Waals surface area contributed by atoms with Gasteiger partial charge in [0.05, 0.1) is 0 Å². The zero-order chi connectivity index (χ0) is 28.8. The first-order valence-corrected chi connectivity index (χ1v) is 18.8. The molecular weight excluding hydrogens is 482 g/mol. The highest BCUT2D eigenvalue weighted by atomic mass is 14.9. The molecule has 0 aromatic carbocycles. The van der Waals surface area contributed by atoms with Gasteiger partial charge in [-0.25, -0.2) is 4.57 Å². The first-order chi connectivity index (χ1) is 19.8. The van der Waals surface area contributed by atoms with Crippen molar-refractivity contribution in [3.63, 3.8) is 0 Å². The number of rotatable bonds is 31. The van der Waals surface area contributed by atoms with Crippen molar-refractivity contribution in [1.82, 2.24) is 0 Å². The highest BCUT2D eigenvalue weighted by Crippen LogP contribution is 2.16. The summed E-state index contributed by atoms with van der Waals surface area (Å²) in [5.74, 6) is 0. The van der Waals surface area contributed by atoms with Crippen LogP contribution in [0.2, 0.25) is 0 Å². The Bertz CT molecular complexity index is 595. The van der Waals surface area contributed by atoms with Crippen LogP contribution < -0.4 is 4.57 Å². The molecule has 0 aliphatic rings. The van der Waals surface area contributed by atoms with E-state index in [-0.39, 0.29) is 0 Å². The molecule has 40 heavy (non-hydrogen) atoms. The van der Waals surface area contributed by atoms with E-state index in [0.29, 0.717) is 0 Å². The Labute approximate surface area is 253 Å². The van der Waals surface area contributed by atoms with Gasteiger partial charge in [0.2, 0.25) is 0 Å². The summed E-state index contributed by atoms with van der Waals surface area (Å²) in [5.41, 5.74) is 3.20. The molecule has 1 rings (SSSR count). The quantitative estimate of drug-likeness (QED) is 0.0632. The van der Waals surface area contributed by atoms with Crippen molar-refractivity contribution in [3.8, 4) is 0 Å². The maximum Gasteiger partial charge on any atom is 0.171 e. The number of pyridine rings is 1. The molecule has 0 atom stereocenters. The zero-order valence-corrected chi connectivity index (χ0v) is 28.1. The lowest BCUT2D eigenvalue weighted by molar-refractivity contribution is -0.698. The van der Waals surface area contributed by atoms with Crippen molar-refractivity contribution in [3.05, 3.63) is 29.6 Å². The van der Waals surface area contributed by atoms with Crippen LogP contribution in [0.1, 0.15) is 212 Å². The van der Waals surface area contributed by atoms with Crippen LogP contribution in [0.25, 0.3) is 0 Å². The Morgan fingerprint density at radius 1 is 0.350 bits per heavy atom. The van der Waals surface area contributed by atoms with Crippen LogP contribution in [-0.4, -0.2) is 0 Å². The van der Waals surface area contributed by atoms with Crippen molar-refractivity contribution in [1.29, 1.82) is 0 Å². The first-order valence-electron chi connectivity index (χ1n) is 18.8. The summed E-state index contributed by atoms with van der Waals surface area (Å²) in [5, 5.41) is 0. The second kappa shape index (κ2) is 29.6. The third kappa shape index (κ3) is 23.8. The van der Waals surface area contributed by atoms with E-state index in [4.69, 9.17) is 0 Å². The fourth-order valence-electron chi connectivity index (χ4n) is 6.24. The van der Waals surface area contributed by atoms with E-state index in [1.54, 1.807) is 11.1 Å². The predicted molar refractivity (Wildman–Crippen MR) is 180 cm³/mol. The number of hydrogen-bond acceptors (Lipinski definition) is 0. The van der Waals surface area contributed by atoms with E-state index in [0.717, 1.165) is 0 Å². The van der Waals surface area contributed by atoms with Crippen molar-refractivity contribution >= 4 is 0 Å². The number of hydrogen-bond donors (Lipinski definition) is 0. The average molecular weight is 557 g/mol. The molecule has 0 amide bonds. The Morgan fingerprint density at radius 2 is 0.625 bits per heavy atom. The van der Waals surface area contributed by atoms with E-state index < -0.39 is 0 Å². The maximum atomic E-state index is 2.57. The predicted octanol–water partition coefficient (Wildman–Crippen LogP) is 13.0. The molecule has 0 unspecified atom stereocenters. The summed E-state index contributed by atoms with van der Waals surface area (Å²) in [4.78, 5) is 0. The topological polar surface area (TPSA) is 3.88 Å². The van der Waals surface area contributed by atoms with Gasteiger partial charge in [-0.2, -0.15) is 0 Å². The molecule has 0 saturated carbocycles. The minimum Gasteiger partial charge on any atom is -0.205 e. The van der Waals surface area contributed by atoms with Gasteiger partial charge in [0, 0.05) is 17.5 Å². The van der Waals surface area contributed by atoms with Gasteiger partial charge in [-0.05, 0) is 38.2 Å². The Kier molecular flexibility index (Phi) is 27.5. The highest BCUT2D eigenvalue weighted by molar-refractivity contribution is 5.15. The molecule has 1 nitrogen and oxygen atoms in total. The second-order valence-corrected chi connectivity index (χ2v) is 13.1. The highest BCUT2D eigenvalue weighted by Gasteiger charge is 2.09. The zero-order valence-electron chi connectivity index (χ0n) is 28.1. The van der Waals surface area contributed by atoms with E-state index in [1.807, 2.05) is 0 Å². The van der Waals surface area contributed by atoms with Crippen LogP contribution >= 0.6 is 0 Å². The summed E-state index contributed by atoms with van der Waals surface area (Å²) in [6.07, 6.45) is 47.4. The Hall–Kier alpha value is -0.850. The van der Waals surface area contributed by atoms with Crippen LogP contribution in [0, 0.1) is 0 Å². The summed E-state index contributed by atoms with van der Waals surface area (Å²) >= 11 is 0. The van der Waals surface area contributed by atoms with Crippen LogP contribution in [0.4, 0.5) is 0 Å². The molecule has 1 heteroatoms. The van der Waals surface area contributed by atoms with Gasteiger partial charge in [0.1, 0.15) is 6.54 Å². The third-order valence-electron chi connectivity index (χ3n) is 8.94. The Morgan fingerprint density at radius 3 is 0.950 bits per heavy atom. The van der Waals surface area contributed by atoms with Crippen LogP contribution in [0.15, 0.2) is 18.5 Å². The van der Waals surface area contributed by atoms with Gasteiger partial charge in [0.25, 0.3) is 0 Å². The van der Waals surface area contributed by atoms with Gasteiger partial charge in [0.15, 0.2) is 12.4 Å². The summed E-state index contributed by atoms with van der Waals surface area (Å²) in [7, 11) is 0. The molecule has 234 valence electrons. The second-order valence-electron chi connectivity index (χ2n) is 13.1. The fourth-order valence-corrected chi connectivity index (χ4v) is 6.24. The largest absolute Gasteiger partial charge is 0.205 e. The lowest BCUT2D eigenvalue weighted by Crippen LogP contribution is -2.34. The van der Waals surface area contributed by atoms with Crippen LogP contribution in [-0.2, 0) is 19.4 Å². The van der Waals surface area contributed by atoms with Crippen molar-refractivity contribution in [2.45, 2.75) is 220 Å². The lowest BCUT2D eigenvalue weighted by atomic mass is 10.0. The van der Waals surface area contributed by atoms with E-state index in [2.05, 4.69) is 43.8 Å². The molecular formula is C39H74N+. The maximum absolute atomic E-state index is 2.57. The van der Waals surface area contributed by atoms with Gasteiger partial charge in [-0.3, -0.25) is 0 Å². The molecule has 0 bridgehead atoms. The number of nitrogens with zero attached hydrogens (tertiary/aromatic N) is 1. The SMILES string of the molecule is CCCCCCCCCCCC[n+]1cc(CCCCCCCCCCC)cc(CCCCCCCCCCC)c1. The standard InChI is InChI=1S/C39H74N/c1-4-7-10-13-16-19-22-25-28-31-34-40-36-38(32-29-26-23-20-17-14-11-8-5-2)35-39(37-40)33-30-27-24-21-18-15-12-9-6-3/h35-37H,4-34H2,1-3H3/q+1. The van der Waals surface area contributed by atoms with E-state index >= 15 is 0 Å². The third-order valence-corrected chi connectivity index (χ3v) is 8.94. The van der Waals surface area contributed by atoms with E-state index in [1.165, 1.54) is 199 Å². The summed E-state index contributed by atoms with van der Waals surface area (Å²) < 4.78 is 2.57. The van der Waals surface area contributed by atoms with Crippen molar-refractivity contribution in [2.24, 2.45) is 0 Å². The number of unbranched alkanes of at least 4 members (excludes halogenated alkanes) is 25. The number of aromatic nitrogens is 1. The smallest absolute Gasteiger partial charge is 0.171 e. The van der Waals surface area contributed by atoms with Gasteiger partial charge in [-0.1, -0.05) is 175 Å². The van der Waals surface area contributed by atoms with Crippen molar-refractivity contribution < 1.29 is 4.57 Å². The van der Waals surface area contributed by atoms with Gasteiger partial charge >= 0.3 is 0 Å². The first kappa shape index (κ1) is 37.2. The molecule has 0 fully saturated rings. The van der Waals surface area contributed by atoms with Gasteiger partial charge in [-0.15, -0.1) is 0 Å². The molecule has 0 saturated heterocycles.